The molecule has 0 bridgehead atoms. The SMILES string of the molecule is COC(=O)NC[C@H]1C[C@H](N)C1. The van der Waals surface area contributed by atoms with E-state index in [-0.39, 0.29) is 6.09 Å². The van der Waals surface area contributed by atoms with Gasteiger partial charge in [-0.05, 0) is 18.8 Å². The Labute approximate surface area is 66.1 Å². The summed E-state index contributed by atoms with van der Waals surface area (Å²) in [4.78, 5) is 10.6. The smallest absolute Gasteiger partial charge is 0.406 e. The van der Waals surface area contributed by atoms with Gasteiger partial charge in [-0.3, -0.25) is 0 Å². The Morgan fingerprint density at radius 3 is 2.82 bits per heavy atom. The number of methoxy groups -OCH3 is 1. The van der Waals surface area contributed by atoms with Crippen molar-refractivity contribution in [2.75, 3.05) is 13.7 Å². The van der Waals surface area contributed by atoms with Crippen molar-refractivity contribution < 1.29 is 9.53 Å². The first-order valence-electron chi connectivity index (χ1n) is 3.79. The zero-order valence-electron chi connectivity index (χ0n) is 6.67. The van der Waals surface area contributed by atoms with Gasteiger partial charge in [0.2, 0.25) is 0 Å². The Hall–Kier alpha value is -0.770. The van der Waals surface area contributed by atoms with Crippen LogP contribution in [-0.2, 0) is 4.74 Å². The molecule has 64 valence electrons. The van der Waals surface area contributed by atoms with Crippen LogP contribution in [0.25, 0.3) is 0 Å². The fraction of sp³-hybridized carbons (Fsp3) is 0.857. The Morgan fingerprint density at radius 1 is 1.73 bits per heavy atom. The molecule has 1 aliphatic carbocycles. The van der Waals surface area contributed by atoms with Gasteiger partial charge < -0.3 is 15.8 Å². The van der Waals surface area contributed by atoms with Crippen molar-refractivity contribution in [3.05, 3.63) is 0 Å². The summed E-state index contributed by atoms with van der Waals surface area (Å²) in [6.45, 7) is 0.695. The molecule has 1 aliphatic rings. The van der Waals surface area contributed by atoms with E-state index in [0.717, 1.165) is 12.8 Å². The maximum Gasteiger partial charge on any atom is 0.406 e. The number of nitrogens with one attached hydrogen (secondary N) is 1. The largest absolute Gasteiger partial charge is 0.453 e. The van der Waals surface area contributed by atoms with E-state index >= 15 is 0 Å². The summed E-state index contributed by atoms with van der Waals surface area (Å²) in [5.41, 5.74) is 5.56. The number of ether oxygens (including phenoxy) is 1. The molecule has 3 N–H and O–H groups in total. The molecule has 0 spiro atoms. The van der Waals surface area contributed by atoms with Gasteiger partial charge in [0.1, 0.15) is 0 Å². The highest BCUT2D eigenvalue weighted by Gasteiger charge is 2.25. The van der Waals surface area contributed by atoms with Crippen LogP contribution in [0, 0.1) is 5.92 Å². The summed E-state index contributed by atoms with van der Waals surface area (Å²) in [6.07, 6.45) is 1.68. The zero-order chi connectivity index (χ0) is 8.27. The van der Waals surface area contributed by atoms with Crippen LogP contribution >= 0.6 is 0 Å². The maximum absolute atomic E-state index is 10.6. The Morgan fingerprint density at radius 2 is 2.36 bits per heavy atom. The van der Waals surface area contributed by atoms with E-state index in [9.17, 15) is 4.79 Å². The highest BCUT2D eigenvalue weighted by molar-refractivity contribution is 5.66. The molecule has 0 radical (unpaired) electrons. The van der Waals surface area contributed by atoms with Crippen molar-refractivity contribution >= 4 is 6.09 Å². The summed E-state index contributed by atoms with van der Waals surface area (Å²) in [5, 5.41) is 2.64. The number of hydrogen-bond donors (Lipinski definition) is 2. The average molecular weight is 158 g/mol. The van der Waals surface area contributed by atoms with E-state index in [1.54, 1.807) is 0 Å². The standard InChI is InChI=1S/C7H14N2O2/c1-11-7(10)9-4-5-2-6(8)3-5/h5-6H,2-4,8H2,1H3,(H,9,10)/t5-,6-. The van der Waals surface area contributed by atoms with E-state index in [1.165, 1.54) is 7.11 Å². The summed E-state index contributed by atoms with van der Waals surface area (Å²) in [5.74, 6) is 0.559. The van der Waals surface area contributed by atoms with Gasteiger partial charge in [0, 0.05) is 12.6 Å². The molecule has 4 nitrogen and oxygen atoms in total. The van der Waals surface area contributed by atoms with Crippen LogP contribution in [0.15, 0.2) is 0 Å². The molecule has 0 unspecified atom stereocenters. The number of alkyl carbamates (subject to hydrolysis) is 1. The van der Waals surface area contributed by atoms with Crippen molar-refractivity contribution in [1.82, 2.24) is 5.32 Å². The van der Waals surface area contributed by atoms with Gasteiger partial charge in [-0.15, -0.1) is 0 Å². The average Bonchev–Trinajstić information content (AvgIpc) is 1.95. The van der Waals surface area contributed by atoms with E-state index < -0.39 is 0 Å². The molecule has 1 rings (SSSR count). The number of carbonyl (C=O) groups excluding carboxylic acids is 1. The minimum atomic E-state index is -0.356. The Bertz CT molecular complexity index is 143. The van der Waals surface area contributed by atoms with Crippen molar-refractivity contribution in [2.45, 2.75) is 18.9 Å². The normalized spacial score (nSPS) is 28.9. The molecule has 0 heterocycles. The van der Waals surface area contributed by atoms with Crippen LogP contribution in [0.4, 0.5) is 4.79 Å². The number of hydrogen-bond acceptors (Lipinski definition) is 3. The van der Waals surface area contributed by atoms with Gasteiger partial charge in [0.25, 0.3) is 0 Å². The molecule has 0 atom stereocenters. The van der Waals surface area contributed by atoms with Gasteiger partial charge in [-0.2, -0.15) is 0 Å². The van der Waals surface area contributed by atoms with Crippen molar-refractivity contribution in [1.29, 1.82) is 0 Å². The maximum atomic E-state index is 10.6. The third-order valence-corrected chi connectivity index (χ3v) is 1.99. The molecule has 0 aromatic rings. The molecular weight excluding hydrogens is 144 g/mol. The lowest BCUT2D eigenvalue weighted by Crippen LogP contribution is -2.42. The molecule has 1 saturated carbocycles. The van der Waals surface area contributed by atoms with Crippen molar-refractivity contribution in [3.63, 3.8) is 0 Å². The number of carbonyl (C=O) groups is 1. The third-order valence-electron chi connectivity index (χ3n) is 1.99. The van der Waals surface area contributed by atoms with Crippen LogP contribution in [-0.4, -0.2) is 25.8 Å². The van der Waals surface area contributed by atoms with E-state index in [0.29, 0.717) is 18.5 Å². The van der Waals surface area contributed by atoms with Crippen LogP contribution in [0.5, 0.6) is 0 Å². The van der Waals surface area contributed by atoms with Crippen LogP contribution in [0.3, 0.4) is 0 Å². The Kier molecular flexibility index (Phi) is 2.70. The lowest BCUT2D eigenvalue weighted by molar-refractivity contribution is 0.163. The van der Waals surface area contributed by atoms with Crippen LogP contribution < -0.4 is 11.1 Å². The lowest BCUT2D eigenvalue weighted by atomic mass is 9.81. The highest BCUT2D eigenvalue weighted by Crippen LogP contribution is 2.24. The summed E-state index contributed by atoms with van der Waals surface area (Å²) < 4.78 is 4.41. The monoisotopic (exact) mass is 158 g/mol. The predicted molar refractivity (Wildman–Crippen MR) is 41.1 cm³/mol. The minimum Gasteiger partial charge on any atom is -0.453 e. The number of nitrogens with two attached hydrogens (primary N) is 1. The van der Waals surface area contributed by atoms with E-state index in [2.05, 4.69) is 10.1 Å². The fourth-order valence-electron chi connectivity index (χ4n) is 1.25. The second-order valence-corrected chi connectivity index (χ2v) is 2.97. The molecule has 1 amide bonds. The predicted octanol–water partition coefficient (Wildman–Crippen LogP) is 0.0797. The topological polar surface area (TPSA) is 64.3 Å². The van der Waals surface area contributed by atoms with E-state index in [1.807, 2.05) is 0 Å². The van der Waals surface area contributed by atoms with Crippen molar-refractivity contribution in [3.8, 4) is 0 Å². The third kappa shape index (κ3) is 2.38. The van der Waals surface area contributed by atoms with E-state index in [4.69, 9.17) is 5.73 Å². The highest BCUT2D eigenvalue weighted by atomic mass is 16.5. The molecule has 0 aliphatic heterocycles. The van der Waals surface area contributed by atoms with Gasteiger partial charge in [-0.25, -0.2) is 4.79 Å². The Balaban J connectivity index is 2.00. The lowest BCUT2D eigenvalue weighted by Gasteiger charge is -2.32. The first kappa shape index (κ1) is 8.33. The summed E-state index contributed by atoms with van der Waals surface area (Å²) in [6, 6.07) is 0.347. The quantitative estimate of drug-likeness (QED) is 0.598. The number of rotatable bonds is 2. The first-order valence-corrected chi connectivity index (χ1v) is 3.79. The van der Waals surface area contributed by atoms with Gasteiger partial charge in [-0.1, -0.05) is 0 Å². The molecular formula is C7H14N2O2. The zero-order valence-corrected chi connectivity index (χ0v) is 6.67. The fourth-order valence-corrected chi connectivity index (χ4v) is 1.25. The molecule has 11 heavy (non-hydrogen) atoms. The molecule has 4 heteroatoms. The summed E-state index contributed by atoms with van der Waals surface area (Å²) >= 11 is 0. The van der Waals surface area contributed by atoms with Gasteiger partial charge in [0.05, 0.1) is 7.11 Å². The van der Waals surface area contributed by atoms with Gasteiger partial charge >= 0.3 is 6.09 Å². The molecule has 0 aromatic carbocycles. The summed E-state index contributed by atoms with van der Waals surface area (Å²) in [7, 11) is 1.36. The van der Waals surface area contributed by atoms with Gasteiger partial charge in [0.15, 0.2) is 0 Å². The van der Waals surface area contributed by atoms with Crippen molar-refractivity contribution in [2.24, 2.45) is 11.7 Å². The molecule has 1 fully saturated rings. The first-order chi connectivity index (χ1) is 5.22. The second kappa shape index (κ2) is 3.57. The van der Waals surface area contributed by atoms with Crippen LogP contribution in [0.1, 0.15) is 12.8 Å². The van der Waals surface area contributed by atoms with Crippen LogP contribution in [0.2, 0.25) is 0 Å². The molecule has 0 saturated heterocycles. The number of amides is 1. The second-order valence-electron chi connectivity index (χ2n) is 2.97. The minimum absolute atomic E-state index is 0.347. The molecule has 0 aromatic heterocycles.